The number of nitrogens with one attached hydrogen (secondary N) is 1. The summed E-state index contributed by atoms with van der Waals surface area (Å²) in [5.74, 6) is -1.09. The molecule has 1 aliphatic heterocycles. The molecule has 1 saturated carbocycles. The maximum Gasteiger partial charge on any atom is 0.416 e. The van der Waals surface area contributed by atoms with Gasteiger partial charge in [0, 0.05) is 44.4 Å². The maximum atomic E-state index is 13.8. The van der Waals surface area contributed by atoms with Gasteiger partial charge in [-0.1, -0.05) is 18.9 Å². The van der Waals surface area contributed by atoms with Gasteiger partial charge in [-0.2, -0.15) is 17.9 Å². The van der Waals surface area contributed by atoms with E-state index in [0.29, 0.717) is 57.2 Å². The number of hydrogen-bond donors (Lipinski definition) is 2. The van der Waals surface area contributed by atoms with Crippen molar-refractivity contribution in [2.75, 3.05) is 25.5 Å². The molecule has 2 fully saturated rings. The van der Waals surface area contributed by atoms with Gasteiger partial charge >= 0.3 is 18.2 Å². The fourth-order valence-electron chi connectivity index (χ4n) is 5.68. The van der Waals surface area contributed by atoms with Crippen LogP contribution >= 0.6 is 0 Å². The Labute approximate surface area is 224 Å². The van der Waals surface area contributed by atoms with Crippen molar-refractivity contribution in [2.45, 2.75) is 76.0 Å². The molecule has 0 spiro atoms. The van der Waals surface area contributed by atoms with Crippen LogP contribution in [0.3, 0.4) is 0 Å². The van der Waals surface area contributed by atoms with Gasteiger partial charge in [-0.05, 0) is 62.9 Å². The number of rotatable bonds is 6. The van der Waals surface area contributed by atoms with Crippen LogP contribution in [0.15, 0.2) is 30.5 Å². The summed E-state index contributed by atoms with van der Waals surface area (Å²) >= 11 is 0. The van der Waals surface area contributed by atoms with E-state index in [1.54, 1.807) is 11.0 Å². The number of aromatic nitrogens is 2. The topological polar surface area (TPSA) is 108 Å². The van der Waals surface area contributed by atoms with Gasteiger partial charge in [-0.15, -0.1) is 5.10 Å². The lowest BCUT2D eigenvalue weighted by atomic mass is 9.77. The van der Waals surface area contributed by atoms with E-state index in [-0.39, 0.29) is 29.9 Å². The lowest BCUT2D eigenvalue weighted by Gasteiger charge is -2.45. The molecular weight excluding hydrogens is 515 g/mol. The molecule has 0 bridgehead atoms. The van der Waals surface area contributed by atoms with E-state index in [4.69, 9.17) is 0 Å². The van der Waals surface area contributed by atoms with E-state index in [0.717, 1.165) is 12.1 Å². The number of piperidine rings is 1. The molecule has 4 rings (SSSR count). The second-order valence-corrected chi connectivity index (χ2v) is 11.0. The van der Waals surface area contributed by atoms with Crippen molar-refractivity contribution in [3.63, 3.8) is 0 Å². The minimum atomic E-state index is -4.59. The number of aliphatic carboxylic acids is 1. The number of carbonyl (C=O) groups excluding carboxylic acids is 2. The first-order chi connectivity index (χ1) is 18.2. The molecule has 9 nitrogen and oxygen atoms in total. The first-order valence-corrected chi connectivity index (χ1v) is 13.0. The molecule has 1 aromatic carbocycles. The van der Waals surface area contributed by atoms with Crippen LogP contribution in [0, 0.1) is 0 Å². The molecule has 2 amide bonds. The largest absolute Gasteiger partial charge is 0.481 e. The molecule has 212 valence electrons. The van der Waals surface area contributed by atoms with Crippen LogP contribution in [-0.4, -0.2) is 68.3 Å². The third kappa shape index (κ3) is 5.95. The highest BCUT2D eigenvalue weighted by atomic mass is 19.4. The predicted molar refractivity (Wildman–Crippen MR) is 137 cm³/mol. The second kappa shape index (κ2) is 10.6. The molecule has 39 heavy (non-hydrogen) atoms. The summed E-state index contributed by atoms with van der Waals surface area (Å²) in [7, 11) is 1.84. The van der Waals surface area contributed by atoms with Gasteiger partial charge in [0.15, 0.2) is 5.82 Å². The highest BCUT2D eigenvalue weighted by Gasteiger charge is 2.45. The fourth-order valence-corrected chi connectivity index (χ4v) is 5.68. The minimum Gasteiger partial charge on any atom is -0.481 e. The number of carboxylic acid groups (broad SMARTS) is 1. The van der Waals surface area contributed by atoms with Crippen LogP contribution in [0.2, 0.25) is 0 Å². The first kappa shape index (κ1) is 28.6. The lowest BCUT2D eigenvalue weighted by Crippen LogP contribution is -2.53. The van der Waals surface area contributed by atoms with Gasteiger partial charge in [0.1, 0.15) is 0 Å². The van der Waals surface area contributed by atoms with Gasteiger partial charge in [0.05, 0.1) is 11.0 Å². The van der Waals surface area contributed by atoms with Crippen molar-refractivity contribution in [1.29, 1.82) is 0 Å². The van der Waals surface area contributed by atoms with E-state index in [9.17, 15) is 32.7 Å². The van der Waals surface area contributed by atoms with Crippen LogP contribution in [0.25, 0.3) is 0 Å². The summed E-state index contributed by atoms with van der Waals surface area (Å²) in [5.41, 5.74) is -1.89. The smallest absolute Gasteiger partial charge is 0.416 e. The summed E-state index contributed by atoms with van der Waals surface area (Å²) in [6.07, 6.45) is 0.0266. The predicted octanol–water partition coefficient (Wildman–Crippen LogP) is 4.71. The van der Waals surface area contributed by atoms with Gasteiger partial charge in [0.2, 0.25) is 5.91 Å². The van der Waals surface area contributed by atoms with Crippen LogP contribution in [0.5, 0.6) is 0 Å². The molecule has 2 N–H and O–H groups in total. The lowest BCUT2D eigenvalue weighted by molar-refractivity contribution is -0.144. The highest BCUT2D eigenvalue weighted by molar-refractivity contribution is 5.88. The zero-order valence-electron chi connectivity index (χ0n) is 22.3. The Morgan fingerprint density at radius 3 is 2.31 bits per heavy atom. The molecule has 1 aromatic heterocycles. The Morgan fingerprint density at radius 2 is 1.74 bits per heavy atom. The quantitative estimate of drug-likeness (QED) is 0.541. The Kier molecular flexibility index (Phi) is 7.79. The number of alkyl halides is 3. The van der Waals surface area contributed by atoms with Gasteiger partial charge < -0.3 is 15.3 Å². The van der Waals surface area contributed by atoms with Gasteiger partial charge in [-0.3, -0.25) is 14.5 Å². The summed E-state index contributed by atoms with van der Waals surface area (Å²) < 4.78 is 42.6. The molecular formula is C27H34F3N5O4. The van der Waals surface area contributed by atoms with Gasteiger partial charge in [-0.25, -0.2) is 4.79 Å². The van der Waals surface area contributed by atoms with Crippen molar-refractivity contribution < 1.29 is 32.7 Å². The molecule has 0 unspecified atom stereocenters. The zero-order chi connectivity index (χ0) is 28.6. The summed E-state index contributed by atoms with van der Waals surface area (Å²) in [5, 5.41) is 16.6. The van der Waals surface area contributed by atoms with Crippen molar-refractivity contribution in [1.82, 2.24) is 19.6 Å². The summed E-state index contributed by atoms with van der Waals surface area (Å²) in [6, 6.07) is 4.94. The first-order valence-electron chi connectivity index (χ1n) is 13.0. The number of carbonyl (C=O) groups is 3. The summed E-state index contributed by atoms with van der Waals surface area (Å²) in [4.78, 5) is 40.0. The molecule has 1 saturated heterocycles. The van der Waals surface area contributed by atoms with Gasteiger partial charge in [0.25, 0.3) is 0 Å². The molecule has 0 radical (unpaired) electrons. The van der Waals surface area contributed by atoms with Crippen molar-refractivity contribution in [3.8, 4) is 0 Å². The Morgan fingerprint density at radius 1 is 1.10 bits per heavy atom. The number of benzene rings is 1. The van der Waals surface area contributed by atoms with E-state index in [1.165, 1.54) is 23.9 Å². The monoisotopic (exact) mass is 549 g/mol. The number of halogens is 3. The van der Waals surface area contributed by atoms with E-state index in [1.807, 2.05) is 18.9 Å². The normalized spacial score (nSPS) is 18.8. The van der Waals surface area contributed by atoms with Crippen molar-refractivity contribution in [2.24, 2.45) is 0 Å². The second-order valence-electron chi connectivity index (χ2n) is 11.0. The Balaban J connectivity index is 1.49. The molecule has 2 heterocycles. The maximum absolute atomic E-state index is 13.8. The van der Waals surface area contributed by atoms with E-state index in [2.05, 4.69) is 10.4 Å². The third-order valence-corrected chi connectivity index (χ3v) is 8.28. The average molecular weight is 550 g/mol. The number of nitrogens with zero attached hydrogens (tertiary/aromatic N) is 4. The molecule has 2 aliphatic rings. The number of anilines is 1. The fraction of sp³-hybridized carbons (Fsp3) is 0.556. The molecule has 2 aromatic rings. The van der Waals surface area contributed by atoms with E-state index >= 15 is 0 Å². The van der Waals surface area contributed by atoms with Crippen LogP contribution in [-0.2, 0) is 27.7 Å². The molecule has 0 atom stereocenters. The van der Waals surface area contributed by atoms with Crippen LogP contribution < -0.4 is 5.32 Å². The third-order valence-electron chi connectivity index (χ3n) is 8.28. The standard InChI is InChI=1S/C27H34F3N5O4/c1-18(36)31-22-6-11-35(32-22)24(39)34-12-9-25(2,10-13-34)33(3)17-19-14-20(16-21(15-19)27(28,29)30)26(23(37)38)7-4-5-8-26/h6,11,14-16H,4-5,7-10,12-13,17H2,1-3H3,(H,37,38)(H,31,32,36). The molecule has 12 heteroatoms. The minimum absolute atomic E-state index is 0.205. The van der Waals surface area contributed by atoms with Crippen LogP contribution in [0.4, 0.5) is 23.8 Å². The zero-order valence-corrected chi connectivity index (χ0v) is 22.3. The Hall–Kier alpha value is -3.41. The Bertz CT molecular complexity index is 1240. The number of hydrogen-bond acceptors (Lipinski definition) is 5. The molecule has 1 aliphatic carbocycles. The van der Waals surface area contributed by atoms with E-state index < -0.39 is 28.7 Å². The number of likely N-dealkylation sites (tertiary alicyclic amines) is 1. The number of amides is 2. The van der Waals surface area contributed by atoms with Crippen molar-refractivity contribution in [3.05, 3.63) is 47.2 Å². The van der Waals surface area contributed by atoms with Crippen molar-refractivity contribution >= 4 is 23.7 Å². The summed E-state index contributed by atoms with van der Waals surface area (Å²) in [6.45, 7) is 4.41. The SMILES string of the molecule is CC(=O)Nc1ccn(C(=O)N2CCC(C)(N(C)Cc3cc(C(F)(F)F)cc(C4(C(=O)O)CCCC4)c3)CC2)n1. The average Bonchev–Trinajstić information content (AvgIpc) is 3.54. The highest BCUT2D eigenvalue weighted by Crippen LogP contribution is 2.44. The van der Waals surface area contributed by atoms with Crippen LogP contribution in [0.1, 0.15) is 69.1 Å². The number of carboxylic acids is 1.